The van der Waals surface area contributed by atoms with Gasteiger partial charge >= 0.3 is 0 Å². The van der Waals surface area contributed by atoms with Crippen LogP contribution in [0.25, 0.3) is 0 Å². The second-order valence-electron chi connectivity index (χ2n) is 0.407. The zero-order chi connectivity index (χ0) is 3.41. The van der Waals surface area contributed by atoms with Crippen LogP contribution < -0.4 is 0 Å². The minimum absolute atomic E-state index is 1.71. The van der Waals surface area contributed by atoms with Gasteiger partial charge in [-0.25, -0.2) is 0 Å². The first-order valence-corrected chi connectivity index (χ1v) is 1.61. The molecule has 0 fully saturated rings. The van der Waals surface area contributed by atoms with Crippen molar-refractivity contribution in [1.82, 2.24) is 0 Å². The maximum atomic E-state index is 3.53. The highest BCUT2D eigenvalue weighted by atomic mass is 31.0. The summed E-state index contributed by atoms with van der Waals surface area (Å²) >= 11 is 0. The highest BCUT2D eigenvalue weighted by Crippen LogP contribution is 1.72. The van der Waals surface area contributed by atoms with Gasteiger partial charge in [0.25, 0.3) is 0 Å². The highest BCUT2D eigenvalue weighted by molar-refractivity contribution is 7.14. The van der Waals surface area contributed by atoms with Crippen molar-refractivity contribution in [1.29, 1.82) is 0 Å². The van der Waals surface area contributed by atoms with Crippen molar-refractivity contribution in [3.8, 4) is 0 Å². The molecule has 0 aromatic carbocycles. The van der Waals surface area contributed by atoms with Gasteiger partial charge < -0.3 is 0 Å². The molecule has 0 aliphatic heterocycles. The summed E-state index contributed by atoms with van der Waals surface area (Å²) in [5, 5.41) is 0. The van der Waals surface area contributed by atoms with Crippen LogP contribution in [-0.2, 0) is 0 Å². The molecule has 1 atom stereocenters. The van der Waals surface area contributed by atoms with Crippen LogP contribution in [0.1, 0.15) is 6.92 Å². The van der Waals surface area contributed by atoms with Gasteiger partial charge in [0, 0.05) is 0 Å². The Balaban J connectivity index is 2.55. The van der Waals surface area contributed by atoms with E-state index >= 15 is 0 Å². The molecular weight excluding hydrogens is 69.0 g/mol. The van der Waals surface area contributed by atoms with E-state index in [0.29, 0.717) is 0 Å². The monoisotopic (exact) mass is 75.0 g/mol. The van der Waals surface area contributed by atoms with Crippen LogP contribution in [0.4, 0.5) is 0 Å². The van der Waals surface area contributed by atoms with Gasteiger partial charge in [-0.05, 0) is 22.5 Å². The standard InChI is InChI=1S/C2H6NP/c1-2-3-4/h2H,4H2,1H3/b3-2+. The Bertz CT molecular complexity index is 21.2. The third-order valence-corrected chi connectivity index (χ3v) is 0.447. The smallest absolute Gasteiger partial charge is 0.000659 e. The van der Waals surface area contributed by atoms with Gasteiger partial charge in [-0.3, -0.25) is 4.76 Å². The van der Waals surface area contributed by atoms with Crippen molar-refractivity contribution in [2.24, 2.45) is 4.76 Å². The lowest BCUT2D eigenvalue weighted by Gasteiger charge is -1.53. The van der Waals surface area contributed by atoms with E-state index in [-0.39, 0.29) is 0 Å². The molecule has 0 bridgehead atoms. The molecule has 0 radical (unpaired) electrons. The SMILES string of the molecule is C/C=N/P. The summed E-state index contributed by atoms with van der Waals surface area (Å²) in [7, 11) is 2.22. The Morgan fingerprint density at radius 1 is 2.00 bits per heavy atom. The molecule has 0 aromatic heterocycles. The molecule has 0 saturated heterocycles. The molecule has 24 valence electrons. The van der Waals surface area contributed by atoms with Gasteiger partial charge in [0.1, 0.15) is 0 Å². The minimum Gasteiger partial charge on any atom is -0.281 e. The first kappa shape index (κ1) is 4.10. The van der Waals surface area contributed by atoms with E-state index in [1.54, 1.807) is 6.21 Å². The third kappa shape index (κ3) is 2.10. The summed E-state index contributed by atoms with van der Waals surface area (Å²) < 4.78 is 3.53. The Morgan fingerprint density at radius 3 is 2.25 bits per heavy atom. The molecule has 0 saturated carbocycles. The first-order chi connectivity index (χ1) is 1.91. The van der Waals surface area contributed by atoms with Crippen LogP contribution in [0.2, 0.25) is 0 Å². The van der Waals surface area contributed by atoms with Crippen molar-refractivity contribution in [2.75, 3.05) is 0 Å². The molecule has 0 spiro atoms. The highest BCUT2D eigenvalue weighted by Gasteiger charge is 1.32. The molecule has 4 heavy (non-hydrogen) atoms. The van der Waals surface area contributed by atoms with Crippen molar-refractivity contribution in [2.45, 2.75) is 6.92 Å². The third-order valence-electron chi connectivity index (χ3n) is 0.149. The topological polar surface area (TPSA) is 12.4 Å². The van der Waals surface area contributed by atoms with E-state index in [0.717, 1.165) is 0 Å². The van der Waals surface area contributed by atoms with Gasteiger partial charge in [-0.2, -0.15) is 0 Å². The number of rotatable bonds is 0. The first-order valence-electron chi connectivity index (χ1n) is 1.09. The van der Waals surface area contributed by atoms with E-state index in [1.165, 1.54) is 0 Å². The van der Waals surface area contributed by atoms with E-state index in [2.05, 4.69) is 14.2 Å². The van der Waals surface area contributed by atoms with E-state index in [4.69, 9.17) is 0 Å². The van der Waals surface area contributed by atoms with Crippen LogP contribution in [0, 0.1) is 0 Å². The molecule has 2 heteroatoms. The van der Waals surface area contributed by atoms with E-state index in [1.807, 2.05) is 6.92 Å². The maximum Gasteiger partial charge on any atom is -0.000659 e. The lowest BCUT2D eigenvalue weighted by Crippen LogP contribution is -1.38. The van der Waals surface area contributed by atoms with Gasteiger partial charge in [0.05, 0.1) is 0 Å². The van der Waals surface area contributed by atoms with Crippen molar-refractivity contribution in [3.05, 3.63) is 0 Å². The average molecular weight is 75.1 g/mol. The summed E-state index contributed by atoms with van der Waals surface area (Å²) in [6.07, 6.45) is 1.71. The quantitative estimate of drug-likeness (QED) is 0.299. The largest absolute Gasteiger partial charge is 0.281 e. The van der Waals surface area contributed by atoms with Gasteiger partial charge in [0.2, 0.25) is 0 Å². The molecule has 0 aliphatic rings. The van der Waals surface area contributed by atoms with Gasteiger partial charge in [0.15, 0.2) is 0 Å². The Hall–Kier alpha value is 0.100. The maximum absolute atomic E-state index is 3.53. The van der Waals surface area contributed by atoms with Gasteiger partial charge in [-0.15, -0.1) is 0 Å². The fourth-order valence-electron chi connectivity index (χ4n) is 0. The van der Waals surface area contributed by atoms with Crippen molar-refractivity contribution < 1.29 is 0 Å². The molecule has 0 rings (SSSR count). The molecule has 0 amide bonds. The number of nitrogens with zero attached hydrogens (tertiary/aromatic N) is 1. The summed E-state index contributed by atoms with van der Waals surface area (Å²) in [4.78, 5) is 0. The van der Waals surface area contributed by atoms with Crippen LogP contribution in [0.5, 0.6) is 0 Å². The molecule has 0 aromatic rings. The van der Waals surface area contributed by atoms with E-state index in [9.17, 15) is 0 Å². The van der Waals surface area contributed by atoms with Gasteiger partial charge in [-0.1, -0.05) is 0 Å². The Kier molecular flexibility index (Phi) is 3.18. The zero-order valence-corrected chi connectivity index (χ0v) is 3.76. The molecule has 0 N–H and O–H groups in total. The lowest BCUT2D eigenvalue weighted by atomic mass is 10.9. The number of hydrogen-bond acceptors (Lipinski definition) is 1. The average Bonchev–Trinajstić information content (AvgIpc) is 1.37. The predicted octanol–water partition coefficient (Wildman–Crippen LogP) is 0.867. The second-order valence-corrected chi connectivity index (χ2v) is 0.705. The summed E-state index contributed by atoms with van der Waals surface area (Å²) in [6, 6.07) is 0. The Morgan fingerprint density at radius 2 is 2.25 bits per heavy atom. The van der Waals surface area contributed by atoms with Crippen LogP contribution in [0.15, 0.2) is 4.76 Å². The number of hydrogen-bond donors (Lipinski definition) is 0. The van der Waals surface area contributed by atoms with Crippen LogP contribution in [-0.4, -0.2) is 6.21 Å². The normalized spacial score (nSPS) is 9.50. The Labute approximate surface area is 28.4 Å². The predicted molar refractivity (Wildman–Crippen MR) is 23.9 cm³/mol. The molecular formula is C2H6NP. The minimum atomic E-state index is 1.71. The molecule has 0 aliphatic carbocycles. The molecule has 1 nitrogen and oxygen atoms in total. The van der Waals surface area contributed by atoms with Crippen LogP contribution >= 0.6 is 9.39 Å². The van der Waals surface area contributed by atoms with Crippen molar-refractivity contribution >= 4 is 15.6 Å². The van der Waals surface area contributed by atoms with Crippen LogP contribution in [0.3, 0.4) is 0 Å². The summed E-state index contributed by atoms with van der Waals surface area (Å²) in [6.45, 7) is 1.87. The molecule has 1 unspecified atom stereocenters. The lowest BCUT2D eigenvalue weighted by molar-refractivity contribution is 1.89. The fraction of sp³-hybridized carbons (Fsp3) is 0.500. The summed E-state index contributed by atoms with van der Waals surface area (Å²) in [5.74, 6) is 0. The van der Waals surface area contributed by atoms with E-state index < -0.39 is 0 Å². The molecule has 0 heterocycles. The summed E-state index contributed by atoms with van der Waals surface area (Å²) in [5.41, 5.74) is 0. The van der Waals surface area contributed by atoms with Crippen molar-refractivity contribution in [3.63, 3.8) is 0 Å². The zero-order valence-electron chi connectivity index (χ0n) is 2.60. The fourth-order valence-corrected chi connectivity index (χ4v) is 0. The second kappa shape index (κ2) is 3.10.